The molecule has 1 aliphatic carbocycles. The van der Waals surface area contributed by atoms with Gasteiger partial charge in [0.2, 0.25) is 0 Å². The predicted octanol–water partition coefficient (Wildman–Crippen LogP) is 3.31. The van der Waals surface area contributed by atoms with Gasteiger partial charge in [0.1, 0.15) is 0 Å². The third kappa shape index (κ3) is 2.49. The van der Waals surface area contributed by atoms with Crippen LogP contribution in [-0.4, -0.2) is 11.1 Å². The van der Waals surface area contributed by atoms with Crippen LogP contribution in [0, 0.1) is 17.3 Å². The quantitative estimate of drug-likeness (QED) is 0.752. The van der Waals surface area contributed by atoms with Gasteiger partial charge in [-0.1, -0.05) is 20.8 Å². The summed E-state index contributed by atoms with van der Waals surface area (Å²) in [6.07, 6.45) is 4.86. The zero-order valence-corrected chi connectivity index (χ0v) is 9.55. The molecular weight excluding hydrogens is 176 g/mol. The summed E-state index contributed by atoms with van der Waals surface area (Å²) in [5, 5.41) is 8.57. The molecule has 14 heavy (non-hydrogen) atoms. The monoisotopic (exact) mass is 198 g/mol. The van der Waals surface area contributed by atoms with Crippen molar-refractivity contribution >= 4 is 5.97 Å². The van der Waals surface area contributed by atoms with E-state index in [0.717, 1.165) is 24.7 Å². The summed E-state index contributed by atoms with van der Waals surface area (Å²) in [4.78, 5) is 10.4. The first-order valence-electron chi connectivity index (χ1n) is 5.66. The summed E-state index contributed by atoms with van der Waals surface area (Å²) >= 11 is 0. The zero-order chi connectivity index (χ0) is 10.8. The molecule has 0 heterocycles. The highest BCUT2D eigenvalue weighted by atomic mass is 16.4. The van der Waals surface area contributed by atoms with Crippen molar-refractivity contribution in [3.63, 3.8) is 0 Å². The summed E-state index contributed by atoms with van der Waals surface area (Å²) in [7, 11) is 0. The summed E-state index contributed by atoms with van der Waals surface area (Å²) in [6, 6.07) is 0. The van der Waals surface area contributed by atoms with Crippen LogP contribution in [-0.2, 0) is 4.79 Å². The molecule has 0 aromatic carbocycles. The van der Waals surface area contributed by atoms with E-state index in [4.69, 9.17) is 5.11 Å². The molecule has 0 saturated heterocycles. The topological polar surface area (TPSA) is 37.3 Å². The highest BCUT2D eigenvalue weighted by molar-refractivity contribution is 5.66. The van der Waals surface area contributed by atoms with E-state index < -0.39 is 5.97 Å². The minimum Gasteiger partial charge on any atom is -0.481 e. The largest absolute Gasteiger partial charge is 0.481 e. The first-order chi connectivity index (χ1) is 6.44. The van der Waals surface area contributed by atoms with Gasteiger partial charge in [0, 0.05) is 6.42 Å². The van der Waals surface area contributed by atoms with E-state index in [1.807, 2.05) is 0 Å². The first kappa shape index (κ1) is 11.5. The second kappa shape index (κ2) is 4.33. The Bertz CT molecular complexity index is 208. The molecule has 1 rings (SSSR count). The van der Waals surface area contributed by atoms with Crippen LogP contribution in [0.4, 0.5) is 0 Å². The highest BCUT2D eigenvalue weighted by Crippen LogP contribution is 2.49. The average Bonchev–Trinajstić information content (AvgIpc) is 2.30. The predicted molar refractivity (Wildman–Crippen MR) is 57.2 cm³/mol. The van der Waals surface area contributed by atoms with Gasteiger partial charge in [0.25, 0.3) is 0 Å². The Hall–Kier alpha value is -0.530. The number of hydrogen-bond acceptors (Lipinski definition) is 1. The summed E-state index contributed by atoms with van der Waals surface area (Å²) in [5.74, 6) is 0.864. The van der Waals surface area contributed by atoms with Gasteiger partial charge in [-0.05, 0) is 42.9 Å². The van der Waals surface area contributed by atoms with Crippen LogP contribution in [0.25, 0.3) is 0 Å². The van der Waals surface area contributed by atoms with Crippen LogP contribution >= 0.6 is 0 Å². The Morgan fingerprint density at radius 2 is 2.07 bits per heavy atom. The van der Waals surface area contributed by atoms with E-state index in [0.29, 0.717) is 11.8 Å². The van der Waals surface area contributed by atoms with Gasteiger partial charge in [0.05, 0.1) is 0 Å². The maximum absolute atomic E-state index is 10.4. The van der Waals surface area contributed by atoms with Crippen molar-refractivity contribution in [1.82, 2.24) is 0 Å². The van der Waals surface area contributed by atoms with Gasteiger partial charge in [-0.3, -0.25) is 4.79 Å². The first-order valence-corrected chi connectivity index (χ1v) is 5.66. The van der Waals surface area contributed by atoms with Crippen LogP contribution in [0.3, 0.4) is 0 Å². The van der Waals surface area contributed by atoms with Crippen LogP contribution in [0.15, 0.2) is 0 Å². The number of carboxylic acid groups (broad SMARTS) is 1. The normalized spacial score (nSPS) is 30.5. The molecule has 0 radical (unpaired) electrons. The molecular formula is C12H22O2. The molecule has 0 aromatic rings. The molecule has 82 valence electrons. The van der Waals surface area contributed by atoms with Crippen molar-refractivity contribution in [2.45, 2.75) is 52.9 Å². The molecule has 0 spiro atoms. The van der Waals surface area contributed by atoms with Crippen molar-refractivity contribution in [3.8, 4) is 0 Å². The zero-order valence-electron chi connectivity index (χ0n) is 9.55. The lowest BCUT2D eigenvalue weighted by Crippen LogP contribution is -2.23. The van der Waals surface area contributed by atoms with Crippen molar-refractivity contribution < 1.29 is 9.90 Å². The smallest absolute Gasteiger partial charge is 0.303 e. The molecule has 1 N–H and O–H groups in total. The van der Waals surface area contributed by atoms with Crippen molar-refractivity contribution in [1.29, 1.82) is 0 Å². The van der Waals surface area contributed by atoms with Gasteiger partial charge in [-0.15, -0.1) is 0 Å². The Kier molecular flexibility index (Phi) is 3.57. The van der Waals surface area contributed by atoms with Crippen molar-refractivity contribution in [2.75, 3.05) is 0 Å². The van der Waals surface area contributed by atoms with Gasteiger partial charge >= 0.3 is 5.97 Å². The Balaban J connectivity index is 2.35. The van der Waals surface area contributed by atoms with Gasteiger partial charge in [0.15, 0.2) is 0 Å². The molecule has 2 unspecified atom stereocenters. The molecule has 1 aliphatic rings. The Morgan fingerprint density at radius 3 is 2.50 bits per heavy atom. The molecule has 0 aliphatic heterocycles. The highest BCUT2D eigenvalue weighted by Gasteiger charge is 2.39. The molecule has 2 heteroatoms. The fourth-order valence-corrected chi connectivity index (χ4v) is 2.61. The van der Waals surface area contributed by atoms with E-state index in [2.05, 4.69) is 20.8 Å². The molecule has 0 amide bonds. The third-order valence-electron chi connectivity index (χ3n) is 4.21. The molecule has 0 aromatic heterocycles. The van der Waals surface area contributed by atoms with Crippen molar-refractivity contribution in [3.05, 3.63) is 0 Å². The number of carboxylic acids is 1. The lowest BCUT2D eigenvalue weighted by molar-refractivity contribution is -0.137. The van der Waals surface area contributed by atoms with Crippen LogP contribution in [0.1, 0.15) is 52.9 Å². The van der Waals surface area contributed by atoms with Crippen LogP contribution < -0.4 is 0 Å². The third-order valence-corrected chi connectivity index (χ3v) is 4.21. The van der Waals surface area contributed by atoms with Gasteiger partial charge in [-0.25, -0.2) is 0 Å². The number of aliphatic carboxylic acids is 1. The minimum atomic E-state index is -0.658. The minimum absolute atomic E-state index is 0.334. The second-order valence-corrected chi connectivity index (χ2v) is 5.28. The fourth-order valence-electron chi connectivity index (χ4n) is 2.61. The number of hydrogen-bond donors (Lipinski definition) is 1. The maximum atomic E-state index is 10.4. The lowest BCUT2D eigenvalue weighted by Gasteiger charge is -2.31. The van der Waals surface area contributed by atoms with E-state index >= 15 is 0 Å². The molecule has 1 fully saturated rings. The van der Waals surface area contributed by atoms with Gasteiger partial charge in [-0.2, -0.15) is 0 Å². The second-order valence-electron chi connectivity index (χ2n) is 5.28. The SMILES string of the molecule is CC1CCC(CCCC(=O)O)C1(C)C. The fraction of sp³-hybridized carbons (Fsp3) is 0.917. The Morgan fingerprint density at radius 1 is 1.43 bits per heavy atom. The standard InChI is InChI=1S/C12H22O2/c1-9-7-8-10(12(9,2)3)5-4-6-11(13)14/h9-10H,4-8H2,1-3H3,(H,13,14). The maximum Gasteiger partial charge on any atom is 0.303 e. The van der Waals surface area contributed by atoms with E-state index in [9.17, 15) is 4.79 Å². The number of rotatable bonds is 4. The summed E-state index contributed by atoms with van der Waals surface area (Å²) in [6.45, 7) is 6.98. The summed E-state index contributed by atoms with van der Waals surface area (Å²) < 4.78 is 0. The van der Waals surface area contributed by atoms with Gasteiger partial charge < -0.3 is 5.11 Å². The van der Waals surface area contributed by atoms with Crippen molar-refractivity contribution in [2.24, 2.45) is 17.3 Å². The molecule has 2 atom stereocenters. The van der Waals surface area contributed by atoms with Crippen LogP contribution in [0.5, 0.6) is 0 Å². The summed E-state index contributed by atoms with van der Waals surface area (Å²) in [5.41, 5.74) is 0.415. The molecule has 2 nitrogen and oxygen atoms in total. The molecule has 1 saturated carbocycles. The van der Waals surface area contributed by atoms with E-state index in [-0.39, 0.29) is 0 Å². The van der Waals surface area contributed by atoms with E-state index in [1.165, 1.54) is 12.8 Å². The lowest BCUT2D eigenvalue weighted by atomic mass is 9.74. The average molecular weight is 198 g/mol. The molecule has 0 bridgehead atoms. The van der Waals surface area contributed by atoms with E-state index in [1.54, 1.807) is 0 Å². The van der Waals surface area contributed by atoms with Crippen LogP contribution in [0.2, 0.25) is 0 Å². The Labute approximate surface area is 86.7 Å². The number of carbonyl (C=O) groups is 1.